The highest BCUT2D eigenvalue weighted by atomic mass is 32.2. The number of nitriles is 1. The van der Waals surface area contributed by atoms with E-state index in [0.717, 1.165) is 27.7 Å². The van der Waals surface area contributed by atoms with Crippen LogP contribution in [0, 0.1) is 18.3 Å². The number of imidazole rings is 1. The summed E-state index contributed by atoms with van der Waals surface area (Å²) in [6.07, 6.45) is 0. The molecule has 3 aromatic rings. The van der Waals surface area contributed by atoms with Crippen molar-refractivity contribution in [3.05, 3.63) is 53.6 Å². The smallest absolute Gasteiger partial charge is 0.166 e. The number of nitrogens with zero attached hydrogens (tertiary/aromatic N) is 2. The molecule has 0 saturated heterocycles. The monoisotopic (exact) mass is 309 g/mol. The third-order valence-electron chi connectivity index (χ3n) is 3.17. The van der Waals surface area contributed by atoms with Crippen LogP contribution in [-0.4, -0.2) is 22.3 Å². The average Bonchev–Trinajstić information content (AvgIpc) is 2.93. The van der Waals surface area contributed by atoms with Crippen LogP contribution in [0.4, 0.5) is 0 Å². The first-order valence-corrected chi connectivity index (χ1v) is 7.95. The van der Waals surface area contributed by atoms with Crippen molar-refractivity contribution < 1.29 is 4.74 Å². The van der Waals surface area contributed by atoms with E-state index in [1.807, 2.05) is 18.2 Å². The van der Waals surface area contributed by atoms with Crippen molar-refractivity contribution >= 4 is 22.8 Å². The van der Waals surface area contributed by atoms with Gasteiger partial charge in [0.1, 0.15) is 5.75 Å². The molecule has 4 nitrogen and oxygen atoms in total. The van der Waals surface area contributed by atoms with Gasteiger partial charge in [0.15, 0.2) is 5.16 Å². The molecule has 110 valence electrons. The number of aryl methyl sites for hydroxylation is 1. The van der Waals surface area contributed by atoms with Gasteiger partial charge in [0.25, 0.3) is 0 Å². The Hall–Kier alpha value is -2.45. The van der Waals surface area contributed by atoms with Crippen LogP contribution in [0.2, 0.25) is 0 Å². The molecule has 1 aromatic heterocycles. The first-order chi connectivity index (χ1) is 10.7. The van der Waals surface area contributed by atoms with Crippen LogP contribution in [0.3, 0.4) is 0 Å². The number of fused-ring (bicyclic) bond motifs is 1. The quantitative estimate of drug-likeness (QED) is 0.573. The number of benzene rings is 2. The van der Waals surface area contributed by atoms with E-state index >= 15 is 0 Å². The molecular formula is C17H15N3OS. The molecule has 1 heterocycles. The van der Waals surface area contributed by atoms with Crippen LogP contribution >= 0.6 is 11.8 Å². The Morgan fingerprint density at radius 1 is 1.27 bits per heavy atom. The van der Waals surface area contributed by atoms with E-state index < -0.39 is 0 Å². The number of hydrogen-bond acceptors (Lipinski definition) is 4. The number of thioether (sulfide) groups is 1. The van der Waals surface area contributed by atoms with E-state index in [-0.39, 0.29) is 0 Å². The number of ether oxygens (including phenoxy) is 1. The maximum Gasteiger partial charge on any atom is 0.166 e. The summed E-state index contributed by atoms with van der Waals surface area (Å²) in [5, 5.41) is 9.75. The summed E-state index contributed by atoms with van der Waals surface area (Å²) in [6, 6.07) is 15.5. The summed E-state index contributed by atoms with van der Waals surface area (Å²) in [5.41, 5.74) is 3.87. The second-order valence-electron chi connectivity index (χ2n) is 4.90. The summed E-state index contributed by atoms with van der Waals surface area (Å²) < 4.78 is 5.65. The molecule has 0 aliphatic rings. The Balaban J connectivity index is 1.54. The Morgan fingerprint density at radius 2 is 2.18 bits per heavy atom. The molecule has 0 saturated carbocycles. The summed E-state index contributed by atoms with van der Waals surface area (Å²) in [6.45, 7) is 2.63. The van der Waals surface area contributed by atoms with E-state index in [1.54, 1.807) is 23.9 Å². The maximum absolute atomic E-state index is 8.85. The Bertz CT molecular complexity index is 835. The van der Waals surface area contributed by atoms with E-state index in [1.165, 1.54) is 5.56 Å². The van der Waals surface area contributed by atoms with Crippen LogP contribution in [0.25, 0.3) is 11.0 Å². The molecule has 0 aliphatic carbocycles. The van der Waals surface area contributed by atoms with Gasteiger partial charge >= 0.3 is 0 Å². The first kappa shape index (κ1) is 14.5. The van der Waals surface area contributed by atoms with Crippen LogP contribution < -0.4 is 4.74 Å². The minimum absolute atomic E-state index is 0.565. The lowest BCUT2D eigenvalue weighted by atomic mass is 10.2. The van der Waals surface area contributed by atoms with Gasteiger partial charge in [-0.05, 0) is 42.8 Å². The highest BCUT2D eigenvalue weighted by molar-refractivity contribution is 7.99. The van der Waals surface area contributed by atoms with Crippen molar-refractivity contribution in [1.82, 2.24) is 9.97 Å². The molecule has 0 aliphatic heterocycles. The average molecular weight is 309 g/mol. The van der Waals surface area contributed by atoms with Crippen molar-refractivity contribution in [1.29, 1.82) is 5.26 Å². The van der Waals surface area contributed by atoms with E-state index in [0.29, 0.717) is 12.2 Å². The van der Waals surface area contributed by atoms with E-state index in [2.05, 4.69) is 35.1 Å². The topological polar surface area (TPSA) is 61.7 Å². The second-order valence-corrected chi connectivity index (χ2v) is 5.98. The number of hydrogen-bond donors (Lipinski definition) is 1. The van der Waals surface area contributed by atoms with Crippen molar-refractivity contribution in [2.45, 2.75) is 12.1 Å². The lowest BCUT2D eigenvalue weighted by molar-refractivity contribution is 0.344. The Labute approximate surface area is 133 Å². The molecule has 2 aromatic carbocycles. The lowest BCUT2D eigenvalue weighted by Crippen LogP contribution is -2.00. The third-order valence-corrected chi connectivity index (χ3v) is 4.01. The Morgan fingerprint density at radius 3 is 3.05 bits per heavy atom. The predicted octanol–water partition coefficient (Wildman–Crippen LogP) is 3.91. The molecule has 0 radical (unpaired) electrons. The highest BCUT2D eigenvalue weighted by Gasteiger charge is 2.03. The van der Waals surface area contributed by atoms with Gasteiger partial charge in [0.2, 0.25) is 0 Å². The van der Waals surface area contributed by atoms with Gasteiger partial charge in [-0.25, -0.2) is 4.98 Å². The highest BCUT2D eigenvalue weighted by Crippen LogP contribution is 2.20. The van der Waals surface area contributed by atoms with Crippen LogP contribution in [0.15, 0.2) is 47.6 Å². The normalized spacial score (nSPS) is 10.5. The fourth-order valence-corrected chi connectivity index (χ4v) is 2.83. The van der Waals surface area contributed by atoms with Crippen molar-refractivity contribution in [2.24, 2.45) is 0 Å². The molecule has 0 unspecified atom stereocenters. The molecule has 0 atom stereocenters. The van der Waals surface area contributed by atoms with Gasteiger partial charge in [-0.1, -0.05) is 23.9 Å². The number of rotatable bonds is 5. The third kappa shape index (κ3) is 3.41. The molecule has 22 heavy (non-hydrogen) atoms. The number of aromatic nitrogens is 2. The van der Waals surface area contributed by atoms with Crippen molar-refractivity contribution in [3.8, 4) is 11.8 Å². The van der Waals surface area contributed by atoms with Gasteiger partial charge in [-0.3, -0.25) is 0 Å². The predicted molar refractivity (Wildman–Crippen MR) is 88.2 cm³/mol. The largest absolute Gasteiger partial charge is 0.493 e. The molecule has 0 spiro atoms. The molecule has 0 amide bonds. The molecule has 0 bridgehead atoms. The van der Waals surface area contributed by atoms with Crippen LogP contribution in [0.1, 0.15) is 11.1 Å². The summed E-state index contributed by atoms with van der Waals surface area (Å²) in [7, 11) is 0. The van der Waals surface area contributed by atoms with Crippen LogP contribution in [-0.2, 0) is 0 Å². The molecule has 1 N–H and O–H groups in total. The molecular weight excluding hydrogens is 294 g/mol. The minimum atomic E-state index is 0.565. The summed E-state index contributed by atoms with van der Waals surface area (Å²) >= 11 is 1.62. The van der Waals surface area contributed by atoms with Crippen LogP contribution in [0.5, 0.6) is 5.75 Å². The summed E-state index contributed by atoms with van der Waals surface area (Å²) in [5.74, 6) is 1.51. The zero-order chi connectivity index (χ0) is 15.4. The zero-order valence-corrected chi connectivity index (χ0v) is 13.0. The standard InChI is InChI=1S/C17H15N3OS/c1-12-5-6-15-16(9-12)20-17(19-15)22-8-7-21-14-4-2-3-13(10-14)11-18/h2-6,9-10H,7-8H2,1H3,(H,19,20). The molecule has 0 fully saturated rings. The van der Waals surface area contributed by atoms with Gasteiger partial charge in [-0.15, -0.1) is 0 Å². The summed E-state index contributed by atoms with van der Waals surface area (Å²) in [4.78, 5) is 7.84. The number of nitrogens with one attached hydrogen (secondary N) is 1. The number of H-pyrrole nitrogens is 1. The van der Waals surface area contributed by atoms with Crippen molar-refractivity contribution in [3.63, 3.8) is 0 Å². The number of aromatic amines is 1. The molecule has 3 rings (SSSR count). The lowest BCUT2D eigenvalue weighted by Gasteiger charge is -2.05. The maximum atomic E-state index is 8.85. The van der Waals surface area contributed by atoms with Gasteiger partial charge in [0, 0.05) is 5.75 Å². The fourth-order valence-electron chi connectivity index (χ4n) is 2.12. The molecule has 5 heteroatoms. The minimum Gasteiger partial charge on any atom is -0.493 e. The second kappa shape index (κ2) is 6.54. The van der Waals surface area contributed by atoms with Gasteiger partial charge in [0.05, 0.1) is 29.3 Å². The zero-order valence-electron chi connectivity index (χ0n) is 12.2. The fraction of sp³-hybridized carbons (Fsp3) is 0.176. The van der Waals surface area contributed by atoms with E-state index in [9.17, 15) is 0 Å². The Kier molecular flexibility index (Phi) is 4.31. The van der Waals surface area contributed by atoms with Gasteiger partial charge < -0.3 is 9.72 Å². The van der Waals surface area contributed by atoms with Gasteiger partial charge in [-0.2, -0.15) is 5.26 Å². The van der Waals surface area contributed by atoms with Crippen molar-refractivity contribution in [2.75, 3.05) is 12.4 Å². The SMILES string of the molecule is Cc1ccc2nc(SCCOc3cccc(C#N)c3)[nH]c2c1. The van der Waals surface area contributed by atoms with E-state index in [4.69, 9.17) is 10.00 Å². The first-order valence-electron chi connectivity index (χ1n) is 6.97.